The van der Waals surface area contributed by atoms with Gasteiger partial charge in [0.15, 0.2) is 11.5 Å². The highest BCUT2D eigenvalue weighted by Crippen LogP contribution is 2.55. The van der Waals surface area contributed by atoms with Crippen molar-refractivity contribution in [2.24, 2.45) is 5.92 Å². The van der Waals surface area contributed by atoms with Crippen molar-refractivity contribution in [2.45, 2.75) is 78.2 Å². The molecule has 0 bridgehead atoms. The van der Waals surface area contributed by atoms with E-state index in [9.17, 15) is 9.59 Å². The Bertz CT molecular complexity index is 1560. The number of carbonyl (C=O) groups excluding carboxylic acids is 1. The van der Waals surface area contributed by atoms with Gasteiger partial charge in [0.1, 0.15) is 0 Å². The average molecular weight is 557 g/mol. The van der Waals surface area contributed by atoms with Crippen molar-refractivity contribution >= 4 is 5.91 Å². The molecule has 0 saturated heterocycles. The number of aromatic amines is 1. The van der Waals surface area contributed by atoms with E-state index in [-0.39, 0.29) is 23.9 Å². The molecule has 3 aliphatic rings. The van der Waals surface area contributed by atoms with Crippen molar-refractivity contribution in [3.8, 4) is 22.6 Å². The van der Waals surface area contributed by atoms with E-state index in [2.05, 4.69) is 35.9 Å². The molecule has 3 aromatic rings. The molecule has 41 heavy (non-hydrogen) atoms. The molecular weight excluding hydrogens is 516 g/mol. The molecule has 1 N–H and O–H groups in total. The van der Waals surface area contributed by atoms with E-state index in [4.69, 9.17) is 9.47 Å². The number of pyridine rings is 2. The van der Waals surface area contributed by atoms with Gasteiger partial charge in [-0.3, -0.25) is 14.6 Å². The van der Waals surface area contributed by atoms with Gasteiger partial charge in [-0.25, -0.2) is 0 Å². The number of benzene rings is 1. The number of aryl methyl sites for hydroxylation is 2. The first-order chi connectivity index (χ1) is 19.6. The minimum Gasteiger partial charge on any atom is -0.448 e. The molecule has 1 saturated carbocycles. The normalized spacial score (nSPS) is 23.7. The van der Waals surface area contributed by atoms with E-state index in [1.54, 1.807) is 11.1 Å². The molecule has 2 aliphatic heterocycles. The van der Waals surface area contributed by atoms with Crippen LogP contribution in [0.4, 0.5) is 0 Å². The lowest BCUT2D eigenvalue weighted by molar-refractivity contribution is -0.123. The van der Waals surface area contributed by atoms with Crippen molar-refractivity contribution in [1.82, 2.24) is 19.8 Å². The number of hydrogen-bond donors (Lipinski definition) is 1. The molecule has 0 spiro atoms. The van der Waals surface area contributed by atoms with Crippen LogP contribution in [0, 0.1) is 26.7 Å². The Morgan fingerprint density at radius 3 is 2.46 bits per heavy atom. The summed E-state index contributed by atoms with van der Waals surface area (Å²) in [7, 11) is 4.30. The van der Waals surface area contributed by atoms with E-state index >= 15 is 0 Å². The fourth-order valence-corrected chi connectivity index (χ4v) is 7.10. The lowest BCUT2D eigenvalue weighted by atomic mass is 9.81. The van der Waals surface area contributed by atoms with Crippen LogP contribution >= 0.6 is 0 Å². The molecule has 1 fully saturated rings. The molecule has 1 aliphatic carbocycles. The maximum Gasteiger partial charge on any atom is 0.254 e. The van der Waals surface area contributed by atoms with Crippen LogP contribution in [0.3, 0.4) is 0 Å². The van der Waals surface area contributed by atoms with Gasteiger partial charge in [-0.2, -0.15) is 0 Å². The second-order valence-electron chi connectivity index (χ2n) is 12.4. The Kier molecular flexibility index (Phi) is 6.92. The highest BCUT2D eigenvalue weighted by atomic mass is 16.7. The summed E-state index contributed by atoms with van der Waals surface area (Å²) in [6.07, 6.45) is 8.48. The van der Waals surface area contributed by atoms with Gasteiger partial charge in [-0.1, -0.05) is 6.07 Å². The topological polar surface area (TPSA) is 87.8 Å². The second-order valence-corrected chi connectivity index (χ2v) is 12.4. The van der Waals surface area contributed by atoms with E-state index in [0.29, 0.717) is 35.9 Å². The first-order valence-electron chi connectivity index (χ1n) is 14.7. The molecule has 0 unspecified atom stereocenters. The minimum atomic E-state index is -0.805. The summed E-state index contributed by atoms with van der Waals surface area (Å²) >= 11 is 0. The quantitative estimate of drug-likeness (QED) is 0.467. The number of nitrogens with one attached hydrogen (secondary N) is 1. The Morgan fingerprint density at radius 2 is 1.80 bits per heavy atom. The van der Waals surface area contributed by atoms with Gasteiger partial charge in [-0.05, 0) is 90.2 Å². The Balaban J connectivity index is 1.40. The molecule has 2 aromatic heterocycles. The fraction of sp³-hybridized carbons (Fsp3) is 0.485. The molecule has 6 rings (SSSR count). The first kappa shape index (κ1) is 27.5. The third-order valence-corrected chi connectivity index (χ3v) is 9.46. The van der Waals surface area contributed by atoms with E-state index in [0.717, 1.165) is 64.9 Å². The predicted octanol–water partition coefficient (Wildman–Crippen LogP) is 5.17. The molecule has 4 heterocycles. The first-order valence-corrected chi connectivity index (χ1v) is 14.7. The van der Waals surface area contributed by atoms with Gasteiger partial charge < -0.3 is 24.3 Å². The molecule has 0 radical (unpaired) electrons. The number of ether oxygens (including phenoxy) is 2. The Hall–Kier alpha value is -3.65. The second kappa shape index (κ2) is 10.3. The van der Waals surface area contributed by atoms with E-state index in [1.165, 1.54) is 0 Å². The number of rotatable bonds is 5. The lowest BCUT2D eigenvalue weighted by Crippen LogP contribution is -2.46. The standard InChI is InChI=1S/C33H40N4O4/c1-19-16-20(2)35-31(38)26(19)18-37-15-13-25-27(32(37)39)21(3)29-30(28(25)22-8-7-14-34-17-22)41-33(4,40-29)23-9-11-24(12-10-23)36(5)6/h7-8,14,16-17,23-24H,9-13,15,18H2,1-6H3,(H,35,38)/t23-,24-,33-/m1/s1. The van der Waals surface area contributed by atoms with Gasteiger partial charge in [-0.15, -0.1) is 0 Å². The predicted molar refractivity (Wildman–Crippen MR) is 158 cm³/mol. The van der Waals surface area contributed by atoms with Crippen molar-refractivity contribution in [2.75, 3.05) is 20.6 Å². The van der Waals surface area contributed by atoms with Gasteiger partial charge in [0.25, 0.3) is 17.3 Å². The Labute approximate surface area is 241 Å². The number of fused-ring (bicyclic) bond motifs is 2. The van der Waals surface area contributed by atoms with Crippen LogP contribution in [0.15, 0.2) is 35.4 Å². The molecular formula is C33H40N4O4. The number of H-pyrrole nitrogens is 1. The molecule has 216 valence electrons. The van der Waals surface area contributed by atoms with E-state index in [1.807, 2.05) is 45.2 Å². The van der Waals surface area contributed by atoms with Crippen LogP contribution in [0.25, 0.3) is 11.1 Å². The van der Waals surface area contributed by atoms with Gasteiger partial charge in [0.2, 0.25) is 0 Å². The molecule has 8 heteroatoms. The van der Waals surface area contributed by atoms with Crippen LogP contribution in [-0.4, -0.2) is 58.1 Å². The summed E-state index contributed by atoms with van der Waals surface area (Å²) in [6.45, 7) is 8.60. The zero-order valence-corrected chi connectivity index (χ0v) is 25.0. The number of nitrogens with zero attached hydrogens (tertiary/aromatic N) is 3. The summed E-state index contributed by atoms with van der Waals surface area (Å²) in [4.78, 5) is 38.3. The van der Waals surface area contributed by atoms with Crippen LogP contribution in [0.5, 0.6) is 11.5 Å². The van der Waals surface area contributed by atoms with Gasteiger partial charge in [0, 0.05) is 65.8 Å². The van der Waals surface area contributed by atoms with Crippen molar-refractivity contribution in [1.29, 1.82) is 0 Å². The summed E-state index contributed by atoms with van der Waals surface area (Å²) in [5.41, 5.74) is 6.43. The van der Waals surface area contributed by atoms with Gasteiger partial charge >= 0.3 is 0 Å². The highest BCUT2D eigenvalue weighted by Gasteiger charge is 2.49. The number of aromatic nitrogens is 2. The van der Waals surface area contributed by atoms with Crippen molar-refractivity contribution in [3.05, 3.63) is 74.5 Å². The van der Waals surface area contributed by atoms with Crippen LogP contribution < -0.4 is 15.0 Å². The van der Waals surface area contributed by atoms with Crippen molar-refractivity contribution < 1.29 is 14.3 Å². The fourth-order valence-electron chi connectivity index (χ4n) is 7.10. The van der Waals surface area contributed by atoms with Crippen LogP contribution in [0.1, 0.15) is 70.9 Å². The molecule has 1 amide bonds. The summed E-state index contributed by atoms with van der Waals surface area (Å²) in [6, 6.07) is 6.46. The SMILES string of the molecule is Cc1cc(C)c(CN2CCc3c(c(C)c4c(c3-c3cccnc3)O[C@](C)([C@H]3CC[C@H](N(C)C)CC3)O4)C2=O)c(=O)[nH]1. The maximum atomic E-state index is 14.2. The number of amides is 1. The number of hydrogen-bond acceptors (Lipinski definition) is 6. The Morgan fingerprint density at radius 1 is 1.07 bits per heavy atom. The zero-order valence-electron chi connectivity index (χ0n) is 25.0. The maximum absolute atomic E-state index is 14.2. The minimum absolute atomic E-state index is 0.0836. The monoisotopic (exact) mass is 556 g/mol. The molecule has 1 atom stereocenters. The van der Waals surface area contributed by atoms with Crippen molar-refractivity contribution in [3.63, 3.8) is 0 Å². The molecule has 8 nitrogen and oxygen atoms in total. The largest absolute Gasteiger partial charge is 0.448 e. The van der Waals surface area contributed by atoms with Crippen LogP contribution in [-0.2, 0) is 13.0 Å². The smallest absolute Gasteiger partial charge is 0.254 e. The summed E-state index contributed by atoms with van der Waals surface area (Å²) in [5, 5.41) is 0. The van der Waals surface area contributed by atoms with E-state index < -0.39 is 5.79 Å². The summed E-state index contributed by atoms with van der Waals surface area (Å²) < 4.78 is 13.6. The molecule has 1 aromatic carbocycles. The lowest BCUT2D eigenvalue weighted by Gasteiger charge is -2.39. The average Bonchev–Trinajstić information content (AvgIpc) is 3.31. The summed E-state index contributed by atoms with van der Waals surface area (Å²) in [5.74, 6) is 0.728. The zero-order chi connectivity index (χ0) is 29.1. The third kappa shape index (κ3) is 4.72. The van der Waals surface area contributed by atoms with Crippen LogP contribution in [0.2, 0.25) is 0 Å². The highest BCUT2D eigenvalue weighted by molar-refractivity contribution is 6.02. The van der Waals surface area contributed by atoms with Gasteiger partial charge in [0.05, 0.1) is 12.1 Å². The number of carbonyl (C=O) groups is 1. The third-order valence-electron chi connectivity index (χ3n) is 9.46.